The molecule has 6 nitrogen and oxygen atoms in total. The van der Waals surface area contributed by atoms with Crippen molar-refractivity contribution in [3.05, 3.63) is 58.5 Å². The number of amides is 2. The molecule has 2 rings (SSSR count). The van der Waals surface area contributed by atoms with E-state index in [1.165, 1.54) is 19.2 Å². The lowest BCUT2D eigenvalue weighted by Gasteiger charge is -2.05. The van der Waals surface area contributed by atoms with Gasteiger partial charge in [-0.15, -0.1) is 0 Å². The number of rotatable bonds is 3. The van der Waals surface area contributed by atoms with E-state index in [9.17, 15) is 14.4 Å². The van der Waals surface area contributed by atoms with Gasteiger partial charge in [-0.25, -0.2) is 0 Å². The van der Waals surface area contributed by atoms with Crippen molar-refractivity contribution in [1.29, 1.82) is 0 Å². The molecule has 1 heterocycles. The lowest BCUT2D eigenvalue weighted by atomic mass is 10.2. The second kappa shape index (κ2) is 5.83. The first-order chi connectivity index (χ1) is 9.56. The van der Waals surface area contributed by atoms with E-state index in [2.05, 4.69) is 15.6 Å². The molecular weight excluding hydrogens is 258 g/mol. The van der Waals surface area contributed by atoms with Gasteiger partial charge < -0.3 is 15.6 Å². The standard InChI is InChI=1S/C14H13N3O3/c1-9(18)16-11-6-4-10(5-7-11)13(19)17-12-3-2-8-15-14(12)20/h2-8H,1H3,(H,15,20)(H,16,18)(H,17,19). The summed E-state index contributed by atoms with van der Waals surface area (Å²) in [5.41, 5.74) is 0.813. The Morgan fingerprint density at radius 2 is 1.75 bits per heavy atom. The van der Waals surface area contributed by atoms with Gasteiger partial charge in [0.1, 0.15) is 5.69 Å². The Morgan fingerprint density at radius 1 is 1.05 bits per heavy atom. The topological polar surface area (TPSA) is 91.1 Å². The summed E-state index contributed by atoms with van der Waals surface area (Å²) in [5.74, 6) is -0.575. The number of carbonyl (C=O) groups excluding carboxylic acids is 2. The molecule has 0 unspecified atom stereocenters. The molecule has 0 aliphatic carbocycles. The Labute approximate surface area is 114 Å². The van der Waals surface area contributed by atoms with E-state index >= 15 is 0 Å². The molecule has 0 atom stereocenters. The second-order valence-corrected chi connectivity index (χ2v) is 4.13. The Balaban J connectivity index is 2.12. The summed E-state index contributed by atoms with van der Waals surface area (Å²) in [4.78, 5) is 36.7. The minimum Gasteiger partial charge on any atom is -0.327 e. The molecule has 3 N–H and O–H groups in total. The Kier molecular flexibility index (Phi) is 3.95. The molecule has 1 aromatic carbocycles. The summed E-state index contributed by atoms with van der Waals surface area (Å²) >= 11 is 0. The van der Waals surface area contributed by atoms with Crippen molar-refractivity contribution in [2.24, 2.45) is 0 Å². The molecule has 0 saturated heterocycles. The summed E-state index contributed by atoms with van der Waals surface area (Å²) in [6.07, 6.45) is 1.49. The van der Waals surface area contributed by atoms with Gasteiger partial charge in [0.2, 0.25) is 5.91 Å². The predicted octanol–water partition coefficient (Wildman–Crippen LogP) is 1.59. The Hall–Kier alpha value is -2.89. The van der Waals surface area contributed by atoms with Crippen LogP contribution in [-0.2, 0) is 4.79 Å². The number of nitrogens with one attached hydrogen (secondary N) is 3. The second-order valence-electron chi connectivity index (χ2n) is 4.13. The van der Waals surface area contributed by atoms with Crippen molar-refractivity contribution < 1.29 is 9.59 Å². The van der Waals surface area contributed by atoms with E-state index in [1.807, 2.05) is 0 Å². The maximum atomic E-state index is 11.9. The molecule has 0 radical (unpaired) electrons. The largest absolute Gasteiger partial charge is 0.327 e. The number of anilines is 2. The fourth-order valence-electron chi connectivity index (χ4n) is 1.62. The van der Waals surface area contributed by atoms with E-state index in [1.54, 1.807) is 30.3 Å². The highest BCUT2D eigenvalue weighted by Gasteiger charge is 2.08. The van der Waals surface area contributed by atoms with Gasteiger partial charge in [-0.3, -0.25) is 14.4 Å². The molecule has 0 aliphatic heterocycles. The summed E-state index contributed by atoms with van der Waals surface area (Å²) in [6, 6.07) is 9.51. The maximum absolute atomic E-state index is 11.9. The van der Waals surface area contributed by atoms with Crippen LogP contribution in [0.2, 0.25) is 0 Å². The van der Waals surface area contributed by atoms with Crippen LogP contribution < -0.4 is 16.2 Å². The molecular formula is C14H13N3O3. The van der Waals surface area contributed by atoms with Crippen molar-refractivity contribution in [3.8, 4) is 0 Å². The van der Waals surface area contributed by atoms with Crippen LogP contribution in [0.3, 0.4) is 0 Å². The van der Waals surface area contributed by atoms with Crippen LogP contribution in [0.5, 0.6) is 0 Å². The van der Waals surface area contributed by atoms with Crippen LogP contribution in [0.1, 0.15) is 17.3 Å². The van der Waals surface area contributed by atoms with E-state index in [0.717, 1.165) is 0 Å². The molecule has 1 aromatic heterocycles. The van der Waals surface area contributed by atoms with Gasteiger partial charge in [0, 0.05) is 24.4 Å². The molecule has 0 bridgehead atoms. The van der Waals surface area contributed by atoms with Gasteiger partial charge >= 0.3 is 0 Å². The van der Waals surface area contributed by atoms with Crippen molar-refractivity contribution in [2.45, 2.75) is 6.92 Å². The van der Waals surface area contributed by atoms with E-state index in [4.69, 9.17) is 0 Å². The number of aromatic amines is 1. The summed E-state index contributed by atoms with van der Waals surface area (Å²) < 4.78 is 0. The smallest absolute Gasteiger partial charge is 0.271 e. The molecule has 2 amide bonds. The third-order valence-electron chi connectivity index (χ3n) is 2.53. The average molecular weight is 271 g/mol. The number of benzene rings is 1. The molecule has 0 saturated carbocycles. The van der Waals surface area contributed by atoms with Crippen molar-refractivity contribution >= 4 is 23.2 Å². The normalized spacial score (nSPS) is 9.85. The van der Waals surface area contributed by atoms with Crippen molar-refractivity contribution in [1.82, 2.24) is 4.98 Å². The Morgan fingerprint density at radius 3 is 2.35 bits per heavy atom. The van der Waals surface area contributed by atoms with Gasteiger partial charge in [0.15, 0.2) is 0 Å². The van der Waals surface area contributed by atoms with Crippen LogP contribution in [-0.4, -0.2) is 16.8 Å². The molecule has 0 fully saturated rings. The van der Waals surface area contributed by atoms with Gasteiger partial charge in [0.05, 0.1) is 0 Å². The van der Waals surface area contributed by atoms with Crippen molar-refractivity contribution in [2.75, 3.05) is 10.6 Å². The summed E-state index contributed by atoms with van der Waals surface area (Å²) in [5, 5.41) is 5.12. The molecule has 102 valence electrons. The fraction of sp³-hybridized carbons (Fsp3) is 0.0714. The zero-order valence-corrected chi connectivity index (χ0v) is 10.8. The first-order valence-electron chi connectivity index (χ1n) is 5.93. The van der Waals surface area contributed by atoms with Crippen molar-refractivity contribution in [3.63, 3.8) is 0 Å². The van der Waals surface area contributed by atoms with Crippen LogP contribution >= 0.6 is 0 Å². The first-order valence-corrected chi connectivity index (χ1v) is 5.93. The molecule has 6 heteroatoms. The van der Waals surface area contributed by atoms with Gasteiger partial charge in [-0.05, 0) is 36.4 Å². The SMILES string of the molecule is CC(=O)Nc1ccc(C(=O)Nc2ccc[nH]c2=O)cc1. The third-order valence-corrected chi connectivity index (χ3v) is 2.53. The molecule has 0 aliphatic rings. The predicted molar refractivity (Wildman–Crippen MR) is 75.8 cm³/mol. The molecule has 2 aromatic rings. The highest BCUT2D eigenvalue weighted by atomic mass is 16.2. The zero-order chi connectivity index (χ0) is 14.5. The highest BCUT2D eigenvalue weighted by molar-refractivity contribution is 6.04. The average Bonchev–Trinajstić information content (AvgIpc) is 2.41. The van der Waals surface area contributed by atoms with Gasteiger partial charge in [-0.2, -0.15) is 0 Å². The number of H-pyrrole nitrogens is 1. The van der Waals surface area contributed by atoms with E-state index in [-0.39, 0.29) is 17.2 Å². The van der Waals surface area contributed by atoms with Gasteiger partial charge in [0.25, 0.3) is 11.5 Å². The van der Waals surface area contributed by atoms with Crippen LogP contribution in [0.25, 0.3) is 0 Å². The molecule has 0 spiro atoms. The van der Waals surface area contributed by atoms with Gasteiger partial charge in [-0.1, -0.05) is 0 Å². The summed E-state index contributed by atoms with van der Waals surface area (Å²) in [7, 11) is 0. The first kappa shape index (κ1) is 13.5. The maximum Gasteiger partial charge on any atom is 0.271 e. The van der Waals surface area contributed by atoms with Crippen LogP contribution in [0.15, 0.2) is 47.4 Å². The van der Waals surface area contributed by atoms with Crippen LogP contribution in [0.4, 0.5) is 11.4 Å². The minimum absolute atomic E-state index is 0.182. The summed E-state index contributed by atoms with van der Waals surface area (Å²) in [6.45, 7) is 1.41. The third kappa shape index (κ3) is 3.32. The monoisotopic (exact) mass is 271 g/mol. The van der Waals surface area contributed by atoms with Crippen LogP contribution in [0, 0.1) is 0 Å². The van der Waals surface area contributed by atoms with E-state index in [0.29, 0.717) is 11.3 Å². The minimum atomic E-state index is -0.393. The fourth-order valence-corrected chi connectivity index (χ4v) is 1.62. The lowest BCUT2D eigenvalue weighted by molar-refractivity contribution is -0.114. The zero-order valence-electron chi connectivity index (χ0n) is 10.8. The number of pyridine rings is 1. The number of aromatic nitrogens is 1. The highest BCUT2D eigenvalue weighted by Crippen LogP contribution is 2.10. The number of hydrogen-bond donors (Lipinski definition) is 3. The van der Waals surface area contributed by atoms with E-state index < -0.39 is 5.91 Å². The number of hydrogen-bond acceptors (Lipinski definition) is 3. The Bertz CT molecular complexity index is 689. The lowest BCUT2D eigenvalue weighted by Crippen LogP contribution is -2.19. The number of carbonyl (C=O) groups is 2. The quantitative estimate of drug-likeness (QED) is 0.791. The molecule has 20 heavy (non-hydrogen) atoms.